The van der Waals surface area contributed by atoms with Crippen LogP contribution in [0.1, 0.15) is 41.6 Å². The van der Waals surface area contributed by atoms with Crippen molar-refractivity contribution in [3.63, 3.8) is 0 Å². The fraction of sp³-hybridized carbons (Fsp3) is 0.481. The monoisotopic (exact) mass is 462 g/mol. The molecule has 3 fully saturated rings. The Bertz CT molecular complexity index is 1060. The molecule has 0 radical (unpaired) electrons. The van der Waals surface area contributed by atoms with Gasteiger partial charge in [-0.15, -0.1) is 0 Å². The highest BCUT2D eigenvalue weighted by Gasteiger charge is 2.55. The summed E-state index contributed by atoms with van der Waals surface area (Å²) in [6, 6.07) is 17.9. The van der Waals surface area contributed by atoms with E-state index >= 15 is 0 Å². The second kappa shape index (κ2) is 8.71. The van der Waals surface area contributed by atoms with Crippen molar-refractivity contribution < 1.29 is 14.3 Å². The minimum atomic E-state index is -0.511. The van der Waals surface area contributed by atoms with Gasteiger partial charge in [0.05, 0.1) is 36.5 Å². The smallest absolute Gasteiger partial charge is 0.325 e. The summed E-state index contributed by atoms with van der Waals surface area (Å²) in [7, 11) is 4.31. The number of carbonyl (C=O) groups excluding carboxylic acids is 2. The van der Waals surface area contributed by atoms with Gasteiger partial charge in [-0.2, -0.15) is 0 Å². The minimum absolute atomic E-state index is 0.0299. The van der Waals surface area contributed by atoms with E-state index < -0.39 is 5.91 Å². The minimum Gasteiger partial charge on any atom is -0.381 e. The molecule has 180 valence electrons. The summed E-state index contributed by atoms with van der Waals surface area (Å²) in [6.45, 7) is 2.66. The Morgan fingerprint density at radius 2 is 1.68 bits per heavy atom. The number of primary amides is 1. The van der Waals surface area contributed by atoms with Gasteiger partial charge in [0, 0.05) is 18.0 Å². The van der Waals surface area contributed by atoms with Crippen LogP contribution in [-0.4, -0.2) is 67.7 Å². The molecule has 2 N–H and O–H groups in total. The first kappa shape index (κ1) is 22.9. The van der Waals surface area contributed by atoms with E-state index in [0.717, 1.165) is 25.7 Å². The molecule has 7 nitrogen and oxygen atoms in total. The summed E-state index contributed by atoms with van der Waals surface area (Å²) in [5.74, 6) is -0.149. The van der Waals surface area contributed by atoms with Crippen LogP contribution in [0.2, 0.25) is 0 Å². The second-order valence-electron chi connectivity index (χ2n) is 10.3. The highest BCUT2D eigenvalue weighted by molar-refractivity contribution is 6.05. The summed E-state index contributed by atoms with van der Waals surface area (Å²) >= 11 is 0. The van der Waals surface area contributed by atoms with Crippen LogP contribution >= 0.6 is 0 Å². The molecule has 2 saturated heterocycles. The summed E-state index contributed by atoms with van der Waals surface area (Å²) in [5.41, 5.74) is 7.67. The van der Waals surface area contributed by atoms with E-state index in [2.05, 4.69) is 54.2 Å². The first-order valence-electron chi connectivity index (χ1n) is 12.1. The third kappa shape index (κ3) is 3.67. The van der Waals surface area contributed by atoms with E-state index in [9.17, 15) is 9.59 Å². The zero-order valence-corrected chi connectivity index (χ0v) is 20.1. The molecule has 2 aromatic carbocycles. The first-order chi connectivity index (χ1) is 16.4. The second-order valence-corrected chi connectivity index (χ2v) is 10.3. The maximum Gasteiger partial charge on any atom is 0.325 e. The van der Waals surface area contributed by atoms with E-state index in [1.54, 1.807) is 17.0 Å². The third-order valence-corrected chi connectivity index (χ3v) is 8.27. The Balaban J connectivity index is 1.48. The number of nitrogens with two attached hydrogens (primary N) is 1. The number of urea groups is 1. The fourth-order valence-electron chi connectivity index (χ4n) is 6.12. The molecule has 0 aromatic heterocycles. The van der Waals surface area contributed by atoms with Gasteiger partial charge in [0.2, 0.25) is 0 Å². The molecule has 1 saturated carbocycles. The number of hydrogen-bond donors (Lipinski definition) is 1. The lowest BCUT2D eigenvalue weighted by atomic mass is 9.68. The zero-order valence-electron chi connectivity index (χ0n) is 20.1. The van der Waals surface area contributed by atoms with Crippen LogP contribution < -0.4 is 10.6 Å². The number of benzene rings is 2. The molecule has 7 heteroatoms. The van der Waals surface area contributed by atoms with Crippen molar-refractivity contribution in [2.24, 2.45) is 11.7 Å². The average molecular weight is 463 g/mol. The molecule has 0 unspecified atom stereocenters. The van der Waals surface area contributed by atoms with Crippen molar-refractivity contribution in [3.8, 4) is 0 Å². The predicted octanol–water partition coefficient (Wildman–Crippen LogP) is 3.44. The van der Waals surface area contributed by atoms with Crippen LogP contribution in [0.15, 0.2) is 54.6 Å². The van der Waals surface area contributed by atoms with Crippen molar-refractivity contribution >= 4 is 17.6 Å². The van der Waals surface area contributed by atoms with Crippen LogP contribution in [0, 0.1) is 5.92 Å². The topological polar surface area (TPSA) is 79.1 Å². The molecule has 2 aromatic rings. The Morgan fingerprint density at radius 1 is 1.03 bits per heavy atom. The van der Waals surface area contributed by atoms with Gasteiger partial charge in [-0.3, -0.25) is 14.6 Å². The van der Waals surface area contributed by atoms with Gasteiger partial charge in [0.1, 0.15) is 0 Å². The maximum absolute atomic E-state index is 13.8. The molecule has 1 spiro atoms. The number of amides is 3. The number of anilines is 1. The molecule has 3 aliphatic rings. The molecule has 5 rings (SSSR count). The standard InChI is InChI=1S/C27H34N4O3/c1-29(2)27(21-8-4-3-5-9-21)14-12-26(13-15-27)19-30(23-11-7-6-10-22(23)24(28)32)25(33)31(26)16-20-17-34-18-20/h3-11,20H,12-19H2,1-2H3,(H2,28,32). The highest BCUT2D eigenvalue weighted by Crippen LogP contribution is 2.50. The molecular weight excluding hydrogens is 428 g/mol. The van der Waals surface area contributed by atoms with Crippen LogP contribution in [0.5, 0.6) is 0 Å². The first-order valence-corrected chi connectivity index (χ1v) is 12.1. The van der Waals surface area contributed by atoms with Gasteiger partial charge in [0.25, 0.3) is 5.91 Å². The SMILES string of the molecule is CN(C)C1(c2ccccc2)CCC2(CC1)CN(c1ccccc1C(N)=O)C(=O)N2CC1COC1. The van der Waals surface area contributed by atoms with Crippen molar-refractivity contribution in [1.29, 1.82) is 0 Å². The average Bonchev–Trinajstić information content (AvgIpc) is 3.08. The maximum atomic E-state index is 13.8. The van der Waals surface area contributed by atoms with Gasteiger partial charge in [-0.25, -0.2) is 4.79 Å². The van der Waals surface area contributed by atoms with Gasteiger partial charge in [-0.1, -0.05) is 42.5 Å². The third-order valence-electron chi connectivity index (χ3n) is 8.27. The Hall–Kier alpha value is -2.90. The van der Waals surface area contributed by atoms with E-state index in [-0.39, 0.29) is 17.1 Å². The number of carbonyl (C=O) groups is 2. The number of rotatable bonds is 6. The van der Waals surface area contributed by atoms with E-state index in [4.69, 9.17) is 10.5 Å². The lowest BCUT2D eigenvalue weighted by molar-refractivity contribution is -0.0569. The van der Waals surface area contributed by atoms with Crippen LogP contribution in [0.25, 0.3) is 0 Å². The number of para-hydroxylation sites is 1. The van der Waals surface area contributed by atoms with Crippen molar-refractivity contribution in [3.05, 3.63) is 65.7 Å². The summed E-state index contributed by atoms with van der Waals surface area (Å²) in [6.07, 6.45) is 3.71. The van der Waals surface area contributed by atoms with Crippen molar-refractivity contribution in [2.45, 2.75) is 36.8 Å². The number of nitrogens with zero attached hydrogens (tertiary/aromatic N) is 3. The van der Waals surface area contributed by atoms with E-state index in [0.29, 0.717) is 43.5 Å². The molecule has 34 heavy (non-hydrogen) atoms. The summed E-state index contributed by atoms with van der Waals surface area (Å²) < 4.78 is 5.42. The Labute approximate surface area is 201 Å². The normalized spacial score (nSPS) is 27.4. The largest absolute Gasteiger partial charge is 0.381 e. The molecule has 0 atom stereocenters. The van der Waals surface area contributed by atoms with Crippen LogP contribution in [-0.2, 0) is 10.3 Å². The molecular formula is C27H34N4O3. The fourth-order valence-corrected chi connectivity index (χ4v) is 6.12. The molecule has 3 amide bonds. The molecule has 2 aliphatic heterocycles. The Kier molecular flexibility index (Phi) is 5.86. The van der Waals surface area contributed by atoms with Crippen molar-refractivity contribution in [1.82, 2.24) is 9.80 Å². The predicted molar refractivity (Wildman–Crippen MR) is 132 cm³/mol. The van der Waals surface area contributed by atoms with E-state index in [1.807, 2.05) is 12.1 Å². The van der Waals surface area contributed by atoms with Crippen LogP contribution in [0.4, 0.5) is 10.5 Å². The lowest BCUT2D eigenvalue weighted by Crippen LogP contribution is -2.57. The van der Waals surface area contributed by atoms with Gasteiger partial charge in [-0.05, 0) is 57.5 Å². The van der Waals surface area contributed by atoms with Crippen molar-refractivity contribution in [2.75, 3.05) is 45.3 Å². The molecule has 2 heterocycles. The Morgan fingerprint density at radius 3 is 2.26 bits per heavy atom. The highest BCUT2D eigenvalue weighted by atomic mass is 16.5. The van der Waals surface area contributed by atoms with Gasteiger partial charge < -0.3 is 15.4 Å². The number of hydrogen-bond acceptors (Lipinski definition) is 4. The summed E-state index contributed by atoms with van der Waals surface area (Å²) in [4.78, 5) is 32.2. The van der Waals surface area contributed by atoms with Crippen LogP contribution in [0.3, 0.4) is 0 Å². The summed E-state index contributed by atoms with van der Waals surface area (Å²) in [5, 5.41) is 0. The van der Waals surface area contributed by atoms with Gasteiger partial charge >= 0.3 is 6.03 Å². The zero-order chi connectivity index (χ0) is 23.9. The van der Waals surface area contributed by atoms with E-state index in [1.165, 1.54) is 5.56 Å². The molecule has 0 bridgehead atoms. The van der Waals surface area contributed by atoms with Gasteiger partial charge in [0.15, 0.2) is 0 Å². The quantitative estimate of drug-likeness (QED) is 0.713. The number of ether oxygens (including phenoxy) is 1. The molecule has 1 aliphatic carbocycles. The lowest BCUT2D eigenvalue weighted by Gasteiger charge is -2.51.